The van der Waals surface area contributed by atoms with Gasteiger partial charge in [-0.2, -0.15) is 0 Å². The van der Waals surface area contributed by atoms with E-state index in [1.54, 1.807) is 0 Å². The van der Waals surface area contributed by atoms with Gasteiger partial charge in [0.2, 0.25) is 0 Å². The van der Waals surface area contributed by atoms with Crippen molar-refractivity contribution in [3.8, 4) is 28.2 Å². The van der Waals surface area contributed by atoms with Crippen molar-refractivity contribution >= 4 is 76.3 Å². The maximum Gasteiger partial charge on any atom is 0.136 e. The molecule has 0 aliphatic carbocycles. The second-order valence-corrected chi connectivity index (χ2v) is 13.0. The van der Waals surface area contributed by atoms with Gasteiger partial charge >= 0.3 is 0 Å². The van der Waals surface area contributed by atoms with Gasteiger partial charge in [0.25, 0.3) is 0 Å². The number of nitrogens with zero attached hydrogens (tertiary/aromatic N) is 3. The van der Waals surface area contributed by atoms with E-state index < -0.39 is 0 Å². The zero-order valence-corrected chi connectivity index (χ0v) is 26.8. The van der Waals surface area contributed by atoms with Gasteiger partial charge in [0.15, 0.2) is 0 Å². The van der Waals surface area contributed by atoms with E-state index in [-0.39, 0.29) is 0 Å². The monoisotopic (exact) mass is 637 g/mol. The molecule has 0 saturated heterocycles. The highest BCUT2D eigenvalue weighted by molar-refractivity contribution is 6.15. The highest BCUT2D eigenvalue weighted by Gasteiger charge is 2.20. The zero-order chi connectivity index (χ0) is 32.8. The van der Waals surface area contributed by atoms with Crippen molar-refractivity contribution in [2.45, 2.75) is 0 Å². The lowest BCUT2D eigenvalue weighted by atomic mass is 9.98. The van der Waals surface area contributed by atoms with Crippen molar-refractivity contribution in [3.05, 3.63) is 164 Å². The zero-order valence-electron chi connectivity index (χ0n) is 26.8. The van der Waals surface area contributed by atoms with Gasteiger partial charge < -0.3 is 8.98 Å². The van der Waals surface area contributed by atoms with Crippen LogP contribution in [0, 0.1) is 0 Å². The molecule has 0 aliphatic heterocycles. The molecule has 3 heterocycles. The second kappa shape index (κ2) is 10.4. The smallest absolute Gasteiger partial charge is 0.136 e. The molecule has 8 aromatic carbocycles. The Hall–Kier alpha value is -6.78. The molecule has 11 rings (SSSR count). The lowest BCUT2D eigenvalue weighted by Gasteiger charge is -2.16. The molecule has 0 atom stereocenters. The van der Waals surface area contributed by atoms with Crippen LogP contribution in [0.4, 0.5) is 0 Å². The predicted octanol–water partition coefficient (Wildman–Crippen LogP) is 12.3. The van der Waals surface area contributed by atoms with Crippen LogP contribution >= 0.6 is 0 Å². The van der Waals surface area contributed by atoms with E-state index >= 15 is 0 Å². The molecule has 11 aromatic rings. The molecular weight excluding hydrogens is 611 g/mol. The number of hydrogen-bond donors (Lipinski definition) is 0. The average Bonchev–Trinajstić information content (AvgIpc) is 3.70. The van der Waals surface area contributed by atoms with Crippen molar-refractivity contribution in [2.75, 3.05) is 0 Å². The predicted molar refractivity (Wildman–Crippen MR) is 207 cm³/mol. The number of hydrogen-bond acceptors (Lipinski definition) is 3. The average molecular weight is 638 g/mol. The summed E-state index contributed by atoms with van der Waals surface area (Å²) in [6.07, 6.45) is 0. The van der Waals surface area contributed by atoms with Gasteiger partial charge in [-0.15, -0.1) is 0 Å². The topological polar surface area (TPSA) is 43.9 Å². The maximum atomic E-state index is 6.33. The summed E-state index contributed by atoms with van der Waals surface area (Å²) in [5.74, 6) is 0. The molecule has 0 spiro atoms. The number of rotatable bonds is 3. The molecule has 0 bridgehead atoms. The molecule has 4 nitrogen and oxygen atoms in total. The summed E-state index contributed by atoms with van der Waals surface area (Å²) in [6, 6.07) is 57.9. The van der Waals surface area contributed by atoms with Crippen LogP contribution < -0.4 is 0 Å². The summed E-state index contributed by atoms with van der Waals surface area (Å²) in [7, 11) is 0. The van der Waals surface area contributed by atoms with Crippen LogP contribution in [0.25, 0.3) is 105 Å². The molecular formula is C46H27N3O. The van der Waals surface area contributed by atoms with E-state index in [0.717, 1.165) is 66.6 Å². The highest BCUT2D eigenvalue weighted by Crippen LogP contribution is 2.41. The lowest BCUT2D eigenvalue weighted by Crippen LogP contribution is -1.99. The van der Waals surface area contributed by atoms with Crippen LogP contribution in [-0.4, -0.2) is 14.5 Å². The minimum atomic E-state index is 0.820. The van der Waals surface area contributed by atoms with E-state index in [1.807, 2.05) is 36.4 Å². The summed E-state index contributed by atoms with van der Waals surface area (Å²) in [5.41, 5.74) is 10.5. The fourth-order valence-corrected chi connectivity index (χ4v) is 7.80. The van der Waals surface area contributed by atoms with Crippen LogP contribution in [0.2, 0.25) is 0 Å². The standard InChI is InChI=1S/C46H27N3O/c1-2-12-29-25-42-37(24-28(29)11-1)34-15-5-9-19-40(34)49(42)41-26-32(23-30-13-3-4-14-33(30)41)46-45(47-38-17-7-8-18-39(38)48-46)31-21-22-36-35-16-6-10-20-43(35)50-44(36)27-31/h1-27H. The van der Waals surface area contributed by atoms with Crippen LogP contribution in [-0.2, 0) is 0 Å². The molecule has 232 valence electrons. The van der Waals surface area contributed by atoms with Crippen molar-refractivity contribution in [1.29, 1.82) is 0 Å². The van der Waals surface area contributed by atoms with E-state index in [0.29, 0.717) is 0 Å². The number of benzene rings is 8. The molecule has 3 aromatic heterocycles. The highest BCUT2D eigenvalue weighted by atomic mass is 16.3. The molecule has 0 aliphatic rings. The summed E-state index contributed by atoms with van der Waals surface area (Å²) in [6.45, 7) is 0. The summed E-state index contributed by atoms with van der Waals surface area (Å²) in [4.78, 5) is 10.6. The van der Waals surface area contributed by atoms with E-state index in [1.165, 1.54) is 38.0 Å². The molecule has 50 heavy (non-hydrogen) atoms. The molecule has 4 heteroatoms. The Kier molecular flexibility index (Phi) is 5.63. The minimum Gasteiger partial charge on any atom is -0.456 e. The number of aromatic nitrogens is 3. The largest absolute Gasteiger partial charge is 0.456 e. The van der Waals surface area contributed by atoms with Gasteiger partial charge in [-0.05, 0) is 76.8 Å². The Morgan fingerprint density at radius 1 is 0.380 bits per heavy atom. The third-order valence-corrected chi connectivity index (χ3v) is 10.1. The molecule has 0 N–H and O–H groups in total. The first-order chi connectivity index (χ1) is 24.8. The maximum absolute atomic E-state index is 6.33. The summed E-state index contributed by atoms with van der Waals surface area (Å²) in [5, 5.41) is 9.43. The van der Waals surface area contributed by atoms with Gasteiger partial charge in [-0.25, -0.2) is 9.97 Å². The van der Waals surface area contributed by atoms with Crippen LogP contribution in [0.5, 0.6) is 0 Å². The van der Waals surface area contributed by atoms with Crippen molar-refractivity contribution in [1.82, 2.24) is 14.5 Å². The van der Waals surface area contributed by atoms with Gasteiger partial charge in [-0.3, -0.25) is 0 Å². The van der Waals surface area contributed by atoms with Crippen LogP contribution in [0.15, 0.2) is 168 Å². The lowest BCUT2D eigenvalue weighted by molar-refractivity contribution is 0.669. The van der Waals surface area contributed by atoms with Crippen molar-refractivity contribution in [3.63, 3.8) is 0 Å². The molecule has 0 saturated carbocycles. The number of para-hydroxylation sites is 4. The summed E-state index contributed by atoms with van der Waals surface area (Å²) >= 11 is 0. The van der Waals surface area contributed by atoms with Gasteiger partial charge in [0, 0.05) is 38.1 Å². The third kappa shape index (κ3) is 3.99. The first-order valence-corrected chi connectivity index (χ1v) is 16.9. The summed E-state index contributed by atoms with van der Waals surface area (Å²) < 4.78 is 8.76. The SMILES string of the molecule is c1ccc2cc3c(cc2c1)c1ccccc1n3-c1cc(-c2nc3ccccc3nc2-c2ccc3c(c2)oc2ccccc23)cc2ccccc12. The minimum absolute atomic E-state index is 0.820. The first-order valence-electron chi connectivity index (χ1n) is 16.9. The fraction of sp³-hybridized carbons (Fsp3) is 0. The first kappa shape index (κ1) is 27.2. The second-order valence-electron chi connectivity index (χ2n) is 13.0. The van der Waals surface area contributed by atoms with Crippen molar-refractivity contribution in [2.24, 2.45) is 0 Å². The van der Waals surface area contributed by atoms with Gasteiger partial charge in [-0.1, -0.05) is 103 Å². The van der Waals surface area contributed by atoms with Crippen LogP contribution in [0.1, 0.15) is 0 Å². The number of fused-ring (bicyclic) bond motifs is 9. The third-order valence-electron chi connectivity index (χ3n) is 10.1. The van der Waals surface area contributed by atoms with Crippen molar-refractivity contribution < 1.29 is 4.42 Å². The Bertz CT molecular complexity index is 3170. The fourth-order valence-electron chi connectivity index (χ4n) is 7.80. The van der Waals surface area contributed by atoms with E-state index in [9.17, 15) is 0 Å². The Morgan fingerprint density at radius 2 is 1.00 bits per heavy atom. The Balaban J connectivity index is 1.22. The van der Waals surface area contributed by atoms with E-state index in [4.69, 9.17) is 14.4 Å². The molecule has 0 amide bonds. The quantitative estimate of drug-likeness (QED) is 0.194. The Labute approximate surface area is 286 Å². The number of furan rings is 1. The molecule has 0 fully saturated rings. The van der Waals surface area contributed by atoms with Gasteiger partial charge in [0.1, 0.15) is 11.2 Å². The molecule has 0 radical (unpaired) electrons. The molecule has 0 unspecified atom stereocenters. The van der Waals surface area contributed by atoms with E-state index in [2.05, 4.69) is 132 Å². The van der Waals surface area contributed by atoms with Gasteiger partial charge in [0.05, 0.1) is 39.1 Å². The Morgan fingerprint density at radius 3 is 1.82 bits per heavy atom. The van der Waals surface area contributed by atoms with Crippen LogP contribution in [0.3, 0.4) is 0 Å². The normalized spacial score (nSPS) is 12.0.